The van der Waals surface area contributed by atoms with Crippen LogP contribution in [0.25, 0.3) is 0 Å². The molecule has 2 aromatic carbocycles. The molecule has 1 aliphatic carbocycles. The fraction of sp³-hybridized carbons (Fsp3) is 0.280. The van der Waals surface area contributed by atoms with Gasteiger partial charge < -0.3 is 10.6 Å². The summed E-state index contributed by atoms with van der Waals surface area (Å²) in [6, 6.07) is 13.8. The molecule has 0 saturated heterocycles. The Labute approximate surface area is 186 Å². The Morgan fingerprint density at radius 1 is 1.00 bits per heavy atom. The Kier molecular flexibility index (Phi) is 5.99. The zero-order valence-electron chi connectivity index (χ0n) is 18.1. The van der Waals surface area contributed by atoms with Crippen LogP contribution in [0.2, 0.25) is 0 Å². The summed E-state index contributed by atoms with van der Waals surface area (Å²) in [6.45, 7) is 4.59. The van der Waals surface area contributed by atoms with E-state index in [0.717, 1.165) is 24.0 Å². The summed E-state index contributed by atoms with van der Waals surface area (Å²) in [5.74, 6) is -1.30. The topological polar surface area (TPSA) is 84.0 Å². The molecule has 4 rings (SSSR count). The van der Waals surface area contributed by atoms with Crippen LogP contribution in [0.4, 0.5) is 4.39 Å². The third kappa shape index (κ3) is 4.51. The van der Waals surface area contributed by atoms with E-state index >= 15 is 0 Å². The maximum atomic E-state index is 13.1. The van der Waals surface area contributed by atoms with Crippen molar-refractivity contribution in [1.29, 1.82) is 0 Å². The van der Waals surface area contributed by atoms with E-state index in [1.807, 2.05) is 18.2 Å². The Morgan fingerprint density at radius 2 is 1.66 bits per heavy atom. The van der Waals surface area contributed by atoms with Crippen LogP contribution in [0, 0.1) is 5.82 Å². The van der Waals surface area contributed by atoms with Gasteiger partial charge in [0.2, 0.25) is 0 Å². The number of nitrogens with zero attached hydrogens (tertiary/aromatic N) is 2. The highest BCUT2D eigenvalue weighted by Gasteiger charge is 2.33. The molecule has 6 nitrogen and oxygen atoms in total. The van der Waals surface area contributed by atoms with Crippen LogP contribution >= 0.6 is 0 Å². The molecule has 0 saturated carbocycles. The second kappa shape index (κ2) is 8.86. The quantitative estimate of drug-likeness (QED) is 0.636. The summed E-state index contributed by atoms with van der Waals surface area (Å²) in [5.41, 5.74) is 3.01. The average molecular weight is 432 g/mol. The number of rotatable bonds is 5. The van der Waals surface area contributed by atoms with Gasteiger partial charge in [-0.15, -0.1) is 0 Å². The minimum atomic E-state index is -0.516. The van der Waals surface area contributed by atoms with Crippen molar-refractivity contribution in [1.82, 2.24) is 20.6 Å². The zero-order valence-corrected chi connectivity index (χ0v) is 18.1. The van der Waals surface area contributed by atoms with E-state index in [4.69, 9.17) is 0 Å². The number of amides is 2. The van der Waals surface area contributed by atoms with Crippen molar-refractivity contribution in [3.8, 4) is 0 Å². The van der Waals surface area contributed by atoms with E-state index in [1.54, 1.807) is 12.1 Å². The standard InChI is InChI=1S/C25H25FN4O2/c1-25(2)12-11-20(18-5-3-4-6-19(18)25)30-24(32)22-21(27-13-14-28-22)23(31)29-15-16-7-9-17(26)10-8-16/h3-10,13-14,20H,11-12,15H2,1-2H3,(H,29,31)(H,30,32). The van der Waals surface area contributed by atoms with Gasteiger partial charge in [0.1, 0.15) is 5.82 Å². The van der Waals surface area contributed by atoms with Gasteiger partial charge in [-0.05, 0) is 47.1 Å². The van der Waals surface area contributed by atoms with E-state index in [2.05, 4.69) is 40.5 Å². The first-order valence-corrected chi connectivity index (χ1v) is 10.6. The minimum Gasteiger partial charge on any atom is -0.347 e. The molecule has 3 aromatic rings. The van der Waals surface area contributed by atoms with Crippen LogP contribution in [-0.4, -0.2) is 21.8 Å². The highest BCUT2D eigenvalue weighted by atomic mass is 19.1. The molecule has 0 bridgehead atoms. The van der Waals surface area contributed by atoms with Gasteiger partial charge >= 0.3 is 0 Å². The zero-order chi connectivity index (χ0) is 22.7. The molecule has 0 radical (unpaired) electrons. The molecule has 1 unspecified atom stereocenters. The van der Waals surface area contributed by atoms with Crippen LogP contribution in [0.5, 0.6) is 0 Å². The first kappa shape index (κ1) is 21.6. The largest absolute Gasteiger partial charge is 0.347 e. The number of carbonyl (C=O) groups is 2. The van der Waals surface area contributed by atoms with E-state index in [9.17, 15) is 14.0 Å². The van der Waals surface area contributed by atoms with Crippen molar-refractivity contribution < 1.29 is 14.0 Å². The number of carbonyl (C=O) groups excluding carboxylic acids is 2. The van der Waals surface area contributed by atoms with E-state index in [0.29, 0.717) is 0 Å². The van der Waals surface area contributed by atoms with Gasteiger partial charge in [0.05, 0.1) is 6.04 Å². The summed E-state index contributed by atoms with van der Waals surface area (Å²) in [4.78, 5) is 34.0. The summed E-state index contributed by atoms with van der Waals surface area (Å²) in [5, 5.41) is 5.76. The van der Waals surface area contributed by atoms with Crippen LogP contribution in [-0.2, 0) is 12.0 Å². The fourth-order valence-electron chi connectivity index (χ4n) is 4.13. The number of fused-ring (bicyclic) bond motifs is 1. The summed E-state index contributed by atoms with van der Waals surface area (Å²) in [7, 11) is 0. The molecule has 0 fully saturated rings. The molecular formula is C25H25FN4O2. The molecule has 0 aliphatic heterocycles. The molecular weight excluding hydrogens is 407 g/mol. The van der Waals surface area contributed by atoms with E-state index < -0.39 is 11.8 Å². The van der Waals surface area contributed by atoms with Gasteiger partial charge in [-0.3, -0.25) is 9.59 Å². The number of halogens is 1. The Morgan fingerprint density at radius 3 is 2.38 bits per heavy atom. The van der Waals surface area contributed by atoms with Crippen LogP contribution in [0.1, 0.15) is 70.4 Å². The Bertz CT molecular complexity index is 1140. The van der Waals surface area contributed by atoms with E-state index in [1.165, 1.54) is 30.1 Å². The molecule has 1 heterocycles. The van der Waals surface area contributed by atoms with E-state index in [-0.39, 0.29) is 35.2 Å². The smallest absolute Gasteiger partial charge is 0.272 e. The monoisotopic (exact) mass is 432 g/mol. The number of aromatic nitrogens is 2. The molecule has 1 aliphatic rings. The summed E-state index contributed by atoms with van der Waals surface area (Å²) in [6.07, 6.45) is 4.49. The number of hydrogen-bond acceptors (Lipinski definition) is 4. The second-order valence-corrected chi connectivity index (χ2v) is 8.60. The lowest BCUT2D eigenvalue weighted by Crippen LogP contribution is -2.37. The number of hydrogen-bond donors (Lipinski definition) is 2. The molecule has 2 amide bonds. The second-order valence-electron chi connectivity index (χ2n) is 8.60. The highest BCUT2D eigenvalue weighted by Crippen LogP contribution is 2.41. The third-order valence-corrected chi connectivity index (χ3v) is 5.92. The maximum Gasteiger partial charge on any atom is 0.272 e. The van der Waals surface area contributed by atoms with Crippen molar-refractivity contribution in [2.45, 2.75) is 44.7 Å². The predicted octanol–water partition coefficient (Wildman–Crippen LogP) is 4.09. The Hall–Kier alpha value is -3.61. The van der Waals surface area contributed by atoms with Crippen LogP contribution in [0.15, 0.2) is 60.9 Å². The predicted molar refractivity (Wildman–Crippen MR) is 119 cm³/mol. The van der Waals surface area contributed by atoms with Gasteiger partial charge in [-0.25, -0.2) is 14.4 Å². The normalized spacial score (nSPS) is 16.7. The van der Waals surface area contributed by atoms with Gasteiger partial charge in [0, 0.05) is 18.9 Å². The molecule has 7 heteroatoms. The molecule has 0 spiro atoms. The summed E-state index contributed by atoms with van der Waals surface area (Å²) < 4.78 is 13.1. The van der Waals surface area contributed by atoms with Crippen molar-refractivity contribution in [3.05, 3.63) is 94.8 Å². The van der Waals surface area contributed by atoms with Gasteiger partial charge in [0.15, 0.2) is 11.4 Å². The number of benzene rings is 2. The van der Waals surface area contributed by atoms with Crippen LogP contribution in [0.3, 0.4) is 0 Å². The minimum absolute atomic E-state index is 0.0218. The highest BCUT2D eigenvalue weighted by molar-refractivity contribution is 6.04. The molecule has 1 atom stereocenters. The number of nitrogens with one attached hydrogen (secondary N) is 2. The molecule has 2 N–H and O–H groups in total. The van der Waals surface area contributed by atoms with Crippen molar-refractivity contribution >= 4 is 11.8 Å². The third-order valence-electron chi connectivity index (χ3n) is 5.92. The van der Waals surface area contributed by atoms with Gasteiger partial charge in [-0.2, -0.15) is 0 Å². The van der Waals surface area contributed by atoms with Crippen molar-refractivity contribution in [3.63, 3.8) is 0 Å². The maximum absolute atomic E-state index is 13.1. The lowest BCUT2D eigenvalue weighted by Gasteiger charge is -2.37. The molecule has 1 aromatic heterocycles. The first-order valence-electron chi connectivity index (χ1n) is 10.6. The molecule has 164 valence electrons. The van der Waals surface area contributed by atoms with Gasteiger partial charge in [-0.1, -0.05) is 50.2 Å². The summed E-state index contributed by atoms with van der Waals surface area (Å²) >= 11 is 0. The first-order chi connectivity index (χ1) is 15.3. The fourth-order valence-corrected chi connectivity index (χ4v) is 4.13. The lowest BCUT2D eigenvalue weighted by atomic mass is 9.71. The van der Waals surface area contributed by atoms with Gasteiger partial charge in [0.25, 0.3) is 11.8 Å². The average Bonchev–Trinajstić information content (AvgIpc) is 2.80. The Balaban J connectivity index is 1.50. The van der Waals surface area contributed by atoms with Crippen molar-refractivity contribution in [2.75, 3.05) is 0 Å². The van der Waals surface area contributed by atoms with Crippen molar-refractivity contribution in [2.24, 2.45) is 0 Å². The molecule has 32 heavy (non-hydrogen) atoms. The lowest BCUT2D eigenvalue weighted by molar-refractivity contribution is 0.0896. The SMILES string of the molecule is CC1(C)CCC(NC(=O)c2nccnc2C(=O)NCc2ccc(F)cc2)c2ccccc21. The van der Waals surface area contributed by atoms with Crippen LogP contribution < -0.4 is 10.6 Å².